The fourth-order valence-corrected chi connectivity index (χ4v) is 1.10. The van der Waals surface area contributed by atoms with E-state index in [4.69, 9.17) is 15.6 Å². The number of hydrogen-bond donors (Lipinski definition) is 2. The Morgan fingerprint density at radius 3 is 2.47 bits per heavy atom. The molecule has 1 unspecified atom stereocenters. The second kappa shape index (κ2) is 4.22. The Morgan fingerprint density at radius 2 is 2.00 bits per heavy atom. The molecule has 0 aliphatic heterocycles. The summed E-state index contributed by atoms with van der Waals surface area (Å²) in [7, 11) is 1.21. The molecule has 82 valence electrons. The van der Waals surface area contributed by atoms with Crippen molar-refractivity contribution in [1.82, 2.24) is 0 Å². The van der Waals surface area contributed by atoms with E-state index in [0.29, 0.717) is 6.07 Å². The normalized spacial score (nSPS) is 12.3. The van der Waals surface area contributed by atoms with Crippen LogP contribution in [-0.4, -0.2) is 18.2 Å². The van der Waals surface area contributed by atoms with Crippen LogP contribution in [0.15, 0.2) is 12.1 Å². The average Bonchev–Trinajstić information content (AvgIpc) is 2.20. The smallest absolute Gasteiger partial charge is 0.325 e. The van der Waals surface area contributed by atoms with E-state index in [1.807, 2.05) is 0 Å². The first-order chi connectivity index (χ1) is 6.97. The summed E-state index contributed by atoms with van der Waals surface area (Å²) in [5, 5.41) is 8.62. The molecule has 0 saturated carbocycles. The third-order valence-corrected chi connectivity index (χ3v) is 1.87. The van der Waals surface area contributed by atoms with Crippen LogP contribution in [0.5, 0.6) is 5.75 Å². The van der Waals surface area contributed by atoms with Gasteiger partial charge in [-0.05, 0) is 6.07 Å². The number of ether oxygens (including phenoxy) is 1. The van der Waals surface area contributed by atoms with Crippen LogP contribution in [0.2, 0.25) is 0 Å². The van der Waals surface area contributed by atoms with E-state index < -0.39 is 23.6 Å². The molecular weight excluding hydrogens is 208 g/mol. The van der Waals surface area contributed by atoms with Crippen molar-refractivity contribution >= 4 is 5.97 Å². The molecule has 4 nitrogen and oxygen atoms in total. The zero-order valence-corrected chi connectivity index (χ0v) is 7.83. The molecule has 0 radical (unpaired) electrons. The number of halogens is 2. The van der Waals surface area contributed by atoms with Gasteiger partial charge in [-0.25, -0.2) is 8.78 Å². The summed E-state index contributed by atoms with van der Waals surface area (Å²) in [5.41, 5.74) is 5.16. The highest BCUT2D eigenvalue weighted by atomic mass is 19.2. The first-order valence-corrected chi connectivity index (χ1v) is 3.98. The van der Waals surface area contributed by atoms with Crippen LogP contribution in [0.1, 0.15) is 11.6 Å². The number of benzene rings is 1. The van der Waals surface area contributed by atoms with E-state index in [2.05, 4.69) is 0 Å². The summed E-state index contributed by atoms with van der Waals surface area (Å²) >= 11 is 0. The van der Waals surface area contributed by atoms with Crippen LogP contribution in [0, 0.1) is 11.6 Å². The standard InChI is InChI=1S/C9H9F2NO3/c1-15-7-3-6(11)5(10)2-4(7)8(12)9(13)14/h2-3,8H,12H2,1H3,(H,13,14). The van der Waals surface area contributed by atoms with Gasteiger partial charge in [-0.2, -0.15) is 0 Å². The second-order valence-corrected chi connectivity index (χ2v) is 2.82. The number of methoxy groups -OCH3 is 1. The van der Waals surface area contributed by atoms with Gasteiger partial charge in [0.25, 0.3) is 0 Å². The minimum absolute atomic E-state index is 0.0937. The maximum absolute atomic E-state index is 12.8. The van der Waals surface area contributed by atoms with Crippen molar-refractivity contribution < 1.29 is 23.4 Å². The number of nitrogens with two attached hydrogens (primary N) is 1. The summed E-state index contributed by atoms with van der Waals surface area (Å²) in [6.45, 7) is 0. The summed E-state index contributed by atoms with van der Waals surface area (Å²) in [6, 6.07) is 0.0236. The van der Waals surface area contributed by atoms with E-state index in [9.17, 15) is 13.6 Å². The molecular formula is C9H9F2NO3. The summed E-state index contributed by atoms with van der Waals surface area (Å²) in [6.07, 6.45) is 0. The molecule has 1 aromatic rings. The number of carboxylic acid groups (broad SMARTS) is 1. The number of carbonyl (C=O) groups is 1. The van der Waals surface area contributed by atoms with Gasteiger partial charge in [-0.3, -0.25) is 4.79 Å². The molecule has 0 aliphatic rings. The van der Waals surface area contributed by atoms with Gasteiger partial charge in [0.15, 0.2) is 11.6 Å². The lowest BCUT2D eigenvalue weighted by atomic mass is 10.1. The quantitative estimate of drug-likeness (QED) is 0.793. The molecule has 6 heteroatoms. The molecule has 0 spiro atoms. The van der Waals surface area contributed by atoms with Gasteiger partial charge in [-0.15, -0.1) is 0 Å². The Labute approximate surface area is 84.3 Å². The van der Waals surface area contributed by atoms with Gasteiger partial charge in [0.2, 0.25) is 0 Å². The number of hydrogen-bond acceptors (Lipinski definition) is 3. The summed E-state index contributed by atoms with van der Waals surface area (Å²) in [4.78, 5) is 10.6. The molecule has 0 aromatic heterocycles. The Kier molecular flexibility index (Phi) is 3.21. The van der Waals surface area contributed by atoms with Crippen molar-refractivity contribution in [3.05, 3.63) is 29.3 Å². The molecule has 0 bridgehead atoms. The van der Waals surface area contributed by atoms with E-state index in [1.165, 1.54) is 7.11 Å². The molecule has 1 atom stereocenters. The maximum atomic E-state index is 12.8. The molecule has 0 heterocycles. The number of aliphatic carboxylic acids is 1. The molecule has 0 saturated heterocycles. The maximum Gasteiger partial charge on any atom is 0.325 e. The van der Waals surface area contributed by atoms with Gasteiger partial charge in [0.1, 0.15) is 11.8 Å². The third-order valence-electron chi connectivity index (χ3n) is 1.87. The second-order valence-electron chi connectivity index (χ2n) is 2.82. The van der Waals surface area contributed by atoms with Gasteiger partial charge in [0, 0.05) is 11.6 Å². The SMILES string of the molecule is COc1cc(F)c(F)cc1C(N)C(=O)O. The number of rotatable bonds is 3. The van der Waals surface area contributed by atoms with Crippen LogP contribution < -0.4 is 10.5 Å². The fraction of sp³-hybridized carbons (Fsp3) is 0.222. The minimum atomic E-state index is -1.45. The zero-order valence-electron chi connectivity index (χ0n) is 7.83. The van der Waals surface area contributed by atoms with Crippen LogP contribution in [0.4, 0.5) is 8.78 Å². The van der Waals surface area contributed by atoms with E-state index in [-0.39, 0.29) is 11.3 Å². The topological polar surface area (TPSA) is 72.5 Å². The Balaban J connectivity index is 3.27. The van der Waals surface area contributed by atoms with Gasteiger partial charge >= 0.3 is 5.97 Å². The van der Waals surface area contributed by atoms with Crippen molar-refractivity contribution in [3.8, 4) is 5.75 Å². The van der Waals surface area contributed by atoms with Crippen molar-refractivity contribution in [1.29, 1.82) is 0 Å². The highest BCUT2D eigenvalue weighted by Crippen LogP contribution is 2.26. The van der Waals surface area contributed by atoms with E-state index in [0.717, 1.165) is 6.07 Å². The fourth-order valence-electron chi connectivity index (χ4n) is 1.10. The number of carboxylic acids is 1. The molecule has 0 amide bonds. The first kappa shape index (κ1) is 11.4. The van der Waals surface area contributed by atoms with Crippen LogP contribution in [0.25, 0.3) is 0 Å². The lowest BCUT2D eigenvalue weighted by Crippen LogP contribution is -2.21. The van der Waals surface area contributed by atoms with Crippen LogP contribution in [-0.2, 0) is 4.79 Å². The predicted molar refractivity (Wildman–Crippen MR) is 47.5 cm³/mol. The highest BCUT2D eigenvalue weighted by molar-refractivity contribution is 5.76. The molecule has 15 heavy (non-hydrogen) atoms. The zero-order chi connectivity index (χ0) is 11.6. The highest BCUT2D eigenvalue weighted by Gasteiger charge is 2.21. The molecule has 1 aromatic carbocycles. The minimum Gasteiger partial charge on any atom is -0.496 e. The summed E-state index contributed by atoms with van der Waals surface area (Å²) < 4.78 is 30.3. The third kappa shape index (κ3) is 2.21. The lowest BCUT2D eigenvalue weighted by molar-refractivity contribution is -0.138. The monoisotopic (exact) mass is 217 g/mol. The Hall–Kier alpha value is -1.69. The van der Waals surface area contributed by atoms with E-state index in [1.54, 1.807) is 0 Å². The van der Waals surface area contributed by atoms with Crippen LogP contribution in [0.3, 0.4) is 0 Å². The molecule has 0 aliphatic carbocycles. The molecule has 0 fully saturated rings. The van der Waals surface area contributed by atoms with Gasteiger partial charge in [0.05, 0.1) is 7.11 Å². The largest absolute Gasteiger partial charge is 0.496 e. The van der Waals surface area contributed by atoms with Crippen molar-refractivity contribution in [2.45, 2.75) is 6.04 Å². The van der Waals surface area contributed by atoms with Gasteiger partial charge in [-0.1, -0.05) is 0 Å². The Bertz CT molecular complexity index is 395. The van der Waals surface area contributed by atoms with E-state index >= 15 is 0 Å². The van der Waals surface area contributed by atoms with Crippen molar-refractivity contribution in [2.24, 2.45) is 5.73 Å². The predicted octanol–water partition coefficient (Wildman–Crippen LogP) is 1.06. The summed E-state index contributed by atoms with van der Waals surface area (Å²) in [5.74, 6) is -3.72. The first-order valence-electron chi connectivity index (χ1n) is 3.98. The molecule has 3 N–H and O–H groups in total. The molecule has 1 rings (SSSR count). The van der Waals surface area contributed by atoms with Crippen molar-refractivity contribution in [2.75, 3.05) is 7.11 Å². The van der Waals surface area contributed by atoms with Gasteiger partial charge < -0.3 is 15.6 Å². The average molecular weight is 217 g/mol. The lowest BCUT2D eigenvalue weighted by Gasteiger charge is -2.12. The Morgan fingerprint density at radius 1 is 1.47 bits per heavy atom. The van der Waals surface area contributed by atoms with Crippen LogP contribution >= 0.6 is 0 Å². The van der Waals surface area contributed by atoms with Crippen molar-refractivity contribution in [3.63, 3.8) is 0 Å².